The Bertz CT molecular complexity index is 401. The molecule has 4 rings (SSSR count). The Labute approximate surface area is 185 Å². The van der Waals surface area contributed by atoms with Crippen molar-refractivity contribution in [2.75, 3.05) is 23.0 Å². The molecule has 0 saturated carbocycles. The number of rotatable bonds is 4. The maximum absolute atomic E-state index is 2.41. The summed E-state index contributed by atoms with van der Waals surface area (Å²) in [4.78, 5) is 0. The zero-order valence-corrected chi connectivity index (χ0v) is 22.7. The van der Waals surface area contributed by atoms with Gasteiger partial charge in [-0.3, -0.25) is 0 Å². The summed E-state index contributed by atoms with van der Waals surface area (Å²) >= 11 is 18.0. The summed E-state index contributed by atoms with van der Waals surface area (Å²) in [6, 6.07) is 0. The van der Waals surface area contributed by atoms with Crippen LogP contribution in [0.25, 0.3) is 0 Å². The molecule has 0 nitrogen and oxygen atoms in total. The van der Waals surface area contributed by atoms with Gasteiger partial charge in [-0.2, -0.15) is 0 Å². The van der Waals surface area contributed by atoms with E-state index in [1.165, 1.54) is 23.0 Å². The van der Waals surface area contributed by atoms with Crippen molar-refractivity contribution >= 4 is 115 Å². The third kappa shape index (κ3) is 4.96. The van der Waals surface area contributed by atoms with Crippen LogP contribution < -0.4 is 0 Å². The van der Waals surface area contributed by atoms with Crippen LogP contribution in [0, 0.1) is 0 Å². The molecular formula is C14H22S8Sn. The summed E-state index contributed by atoms with van der Waals surface area (Å²) in [5.41, 5.74) is 0. The van der Waals surface area contributed by atoms with Crippen molar-refractivity contribution in [2.45, 2.75) is 49.2 Å². The zero-order valence-electron chi connectivity index (χ0n) is 13.3. The SMILES string of the molecule is CC1CSC2(CSC([CH2][Sn][CH2]C3CSC4(SCC(C)S4)S3)S2)S1. The molecule has 0 amide bonds. The van der Waals surface area contributed by atoms with Gasteiger partial charge in [0.25, 0.3) is 0 Å². The molecule has 0 aromatic heterocycles. The molecule has 4 fully saturated rings. The van der Waals surface area contributed by atoms with Gasteiger partial charge in [0.15, 0.2) is 0 Å². The van der Waals surface area contributed by atoms with Crippen molar-refractivity contribution in [3.63, 3.8) is 0 Å². The van der Waals surface area contributed by atoms with Gasteiger partial charge in [0.05, 0.1) is 0 Å². The van der Waals surface area contributed by atoms with Gasteiger partial charge in [-0.25, -0.2) is 0 Å². The van der Waals surface area contributed by atoms with E-state index in [2.05, 4.69) is 108 Å². The standard InChI is InChI=1S/2C7H11S4.Sn/c1-5-3-9-7(10-5)4-8-6(2)11-7;1-5-3-8-7(10-5)9-4-6(2)11-7;/h5-6H,2-4H2,1H3;5-6H,1,3-4H2,2H3;. The van der Waals surface area contributed by atoms with Gasteiger partial charge in [-0.1, -0.05) is 0 Å². The summed E-state index contributed by atoms with van der Waals surface area (Å²) in [5, 5.41) is 2.72. The van der Waals surface area contributed by atoms with Crippen LogP contribution in [0.5, 0.6) is 0 Å². The van der Waals surface area contributed by atoms with Gasteiger partial charge in [0.2, 0.25) is 0 Å². The Hall–Kier alpha value is 3.60. The number of hydrogen-bond acceptors (Lipinski definition) is 8. The fourth-order valence-corrected chi connectivity index (χ4v) is 27.5. The third-order valence-electron chi connectivity index (χ3n) is 3.96. The van der Waals surface area contributed by atoms with Gasteiger partial charge in [-0.05, 0) is 0 Å². The first-order valence-corrected chi connectivity index (χ1v) is 19.6. The van der Waals surface area contributed by atoms with Crippen LogP contribution in [0.4, 0.5) is 0 Å². The van der Waals surface area contributed by atoms with E-state index in [0.717, 1.165) is 20.3 Å². The van der Waals surface area contributed by atoms with E-state index in [4.69, 9.17) is 0 Å². The molecule has 2 spiro atoms. The monoisotopic (exact) mass is 566 g/mol. The average molecular weight is 566 g/mol. The van der Waals surface area contributed by atoms with Crippen LogP contribution in [0.15, 0.2) is 0 Å². The van der Waals surface area contributed by atoms with E-state index in [1.54, 1.807) is 8.87 Å². The van der Waals surface area contributed by atoms with E-state index in [-0.39, 0.29) is 21.1 Å². The van der Waals surface area contributed by atoms with E-state index >= 15 is 0 Å². The fourth-order valence-electron chi connectivity index (χ4n) is 2.92. The van der Waals surface area contributed by atoms with E-state index < -0.39 is 0 Å². The molecular weight excluding hydrogens is 543 g/mol. The second-order valence-corrected chi connectivity index (χ2v) is 24.0. The molecule has 0 aliphatic carbocycles. The second-order valence-electron chi connectivity index (χ2n) is 6.23. The predicted octanol–water partition coefficient (Wildman–Crippen LogP) is 6.18. The summed E-state index contributed by atoms with van der Waals surface area (Å²) in [6.07, 6.45) is 0. The molecule has 4 aliphatic heterocycles. The van der Waals surface area contributed by atoms with Crippen LogP contribution in [0.3, 0.4) is 0 Å². The number of thioether (sulfide) groups is 8. The number of hydrogen-bond donors (Lipinski definition) is 0. The van der Waals surface area contributed by atoms with E-state index in [1.807, 2.05) is 0 Å². The van der Waals surface area contributed by atoms with Crippen molar-refractivity contribution in [1.29, 1.82) is 0 Å². The Balaban J connectivity index is 1.17. The van der Waals surface area contributed by atoms with Crippen LogP contribution in [-0.4, -0.2) is 70.6 Å². The van der Waals surface area contributed by atoms with Crippen molar-refractivity contribution in [1.82, 2.24) is 0 Å². The van der Waals surface area contributed by atoms with Crippen LogP contribution in [0.2, 0.25) is 8.87 Å². The minimum absolute atomic E-state index is 0.167. The molecule has 0 bridgehead atoms. The minimum atomic E-state index is -0.167. The third-order valence-corrected chi connectivity index (χ3v) is 26.5. The molecule has 0 N–H and O–H groups in total. The summed E-state index contributed by atoms with van der Waals surface area (Å²) in [7, 11) is 0. The van der Waals surface area contributed by atoms with Crippen molar-refractivity contribution in [3.05, 3.63) is 0 Å². The molecule has 0 aromatic rings. The van der Waals surface area contributed by atoms with Crippen LogP contribution in [0.1, 0.15) is 13.8 Å². The Kier molecular flexibility index (Phi) is 7.38. The Morgan fingerprint density at radius 1 is 0.870 bits per heavy atom. The summed E-state index contributed by atoms with van der Waals surface area (Å²) < 4.78 is 5.19. The van der Waals surface area contributed by atoms with E-state index in [9.17, 15) is 0 Å². The predicted molar refractivity (Wildman–Crippen MR) is 128 cm³/mol. The normalized spacial score (nSPS) is 49.8. The van der Waals surface area contributed by atoms with Crippen LogP contribution >= 0.6 is 94.1 Å². The van der Waals surface area contributed by atoms with Gasteiger partial charge >= 0.3 is 187 Å². The quantitative estimate of drug-likeness (QED) is 0.366. The maximum atomic E-state index is 2.41. The molecule has 2 radical (unpaired) electrons. The van der Waals surface area contributed by atoms with Gasteiger partial charge < -0.3 is 0 Å². The van der Waals surface area contributed by atoms with Gasteiger partial charge in [0.1, 0.15) is 0 Å². The molecule has 4 aliphatic rings. The molecule has 4 saturated heterocycles. The zero-order chi connectivity index (χ0) is 15.9. The Morgan fingerprint density at radius 2 is 1.65 bits per heavy atom. The second kappa shape index (κ2) is 8.54. The topological polar surface area (TPSA) is 0 Å². The molecule has 6 unspecified atom stereocenters. The molecule has 23 heavy (non-hydrogen) atoms. The van der Waals surface area contributed by atoms with Crippen molar-refractivity contribution < 1.29 is 0 Å². The van der Waals surface area contributed by atoms with Crippen molar-refractivity contribution in [2.24, 2.45) is 0 Å². The summed E-state index contributed by atoms with van der Waals surface area (Å²) in [5.74, 6) is 5.55. The molecule has 9 heteroatoms. The first-order valence-electron chi connectivity index (χ1n) is 8.02. The molecule has 6 atom stereocenters. The molecule has 0 aromatic carbocycles. The first-order chi connectivity index (χ1) is 11.1. The average Bonchev–Trinajstić information content (AvgIpc) is 3.25. The van der Waals surface area contributed by atoms with E-state index in [0.29, 0.717) is 6.15 Å². The Morgan fingerprint density at radius 3 is 2.39 bits per heavy atom. The first kappa shape index (κ1) is 19.9. The summed E-state index contributed by atoms with van der Waals surface area (Å²) in [6.45, 7) is 4.81. The fraction of sp³-hybridized carbons (Fsp3) is 1.00. The molecule has 4 heterocycles. The van der Waals surface area contributed by atoms with Gasteiger partial charge in [0, 0.05) is 0 Å². The van der Waals surface area contributed by atoms with Crippen molar-refractivity contribution in [3.8, 4) is 0 Å². The van der Waals surface area contributed by atoms with Gasteiger partial charge in [-0.15, -0.1) is 0 Å². The van der Waals surface area contributed by atoms with Crippen LogP contribution in [-0.2, 0) is 0 Å². The molecule has 130 valence electrons.